The Morgan fingerprint density at radius 2 is 1.38 bits per heavy atom. The molecule has 2 aromatic carbocycles. The third-order valence-corrected chi connectivity index (χ3v) is 5.79. The van der Waals surface area contributed by atoms with Crippen molar-refractivity contribution in [1.82, 2.24) is 5.32 Å². The minimum Gasteiger partial charge on any atom is -0.493 e. The normalized spacial score (nSPS) is 11.0. The highest BCUT2D eigenvalue weighted by molar-refractivity contribution is 5.41. The van der Waals surface area contributed by atoms with E-state index in [4.69, 9.17) is 9.47 Å². The summed E-state index contributed by atoms with van der Waals surface area (Å²) in [5.74, 6) is 1.88. The molecule has 0 saturated carbocycles. The zero-order chi connectivity index (χ0) is 22.9. The summed E-state index contributed by atoms with van der Waals surface area (Å²) in [7, 11) is 0. The van der Waals surface area contributed by atoms with Crippen LogP contribution in [0.25, 0.3) is 0 Å². The molecule has 0 amide bonds. The first kappa shape index (κ1) is 26.3. The van der Waals surface area contributed by atoms with Crippen molar-refractivity contribution in [1.29, 1.82) is 0 Å². The van der Waals surface area contributed by atoms with Crippen LogP contribution in [0, 0.1) is 6.92 Å². The lowest BCUT2D eigenvalue weighted by atomic mass is 10.1. The summed E-state index contributed by atoms with van der Waals surface area (Å²) < 4.78 is 12.2. The molecule has 0 spiro atoms. The smallest absolute Gasteiger partial charge is 0.127 e. The molecule has 0 unspecified atom stereocenters. The van der Waals surface area contributed by atoms with Gasteiger partial charge in [0, 0.05) is 24.7 Å². The summed E-state index contributed by atoms with van der Waals surface area (Å²) in [6.07, 6.45) is 12.5. The van der Waals surface area contributed by atoms with Gasteiger partial charge in [0.2, 0.25) is 0 Å². The molecular weight excluding hydrogens is 394 g/mol. The number of ether oxygens (including phenoxy) is 2. The Kier molecular flexibility index (Phi) is 13.6. The molecule has 0 bridgehead atoms. The topological polar surface area (TPSA) is 30.5 Å². The van der Waals surface area contributed by atoms with Crippen molar-refractivity contribution < 1.29 is 9.47 Å². The first-order chi connectivity index (χ1) is 15.7. The van der Waals surface area contributed by atoms with E-state index in [1.54, 1.807) is 0 Å². The van der Waals surface area contributed by atoms with E-state index in [-0.39, 0.29) is 0 Å². The average Bonchev–Trinajstić information content (AvgIpc) is 2.79. The highest BCUT2D eigenvalue weighted by Gasteiger charge is 2.07. The number of hydrogen-bond donors (Lipinski definition) is 1. The Morgan fingerprint density at radius 1 is 0.688 bits per heavy atom. The molecule has 0 aliphatic carbocycles. The van der Waals surface area contributed by atoms with Crippen LogP contribution in [0.1, 0.15) is 94.7 Å². The first-order valence-corrected chi connectivity index (χ1v) is 12.9. The molecule has 0 aliphatic rings. The number of benzene rings is 2. The Balaban J connectivity index is 1.88. The van der Waals surface area contributed by atoms with Gasteiger partial charge < -0.3 is 14.8 Å². The molecule has 2 aromatic rings. The summed E-state index contributed by atoms with van der Waals surface area (Å²) in [6, 6.07) is 15.0. The molecule has 0 fully saturated rings. The van der Waals surface area contributed by atoms with Crippen LogP contribution in [0.5, 0.6) is 11.5 Å². The molecule has 178 valence electrons. The van der Waals surface area contributed by atoms with Gasteiger partial charge in [-0.2, -0.15) is 0 Å². The van der Waals surface area contributed by atoms with Crippen molar-refractivity contribution in [2.45, 2.75) is 98.1 Å². The number of aryl methyl sites for hydroxylation is 1. The van der Waals surface area contributed by atoms with Gasteiger partial charge in [0.25, 0.3) is 0 Å². The van der Waals surface area contributed by atoms with E-state index in [1.165, 1.54) is 68.1 Å². The van der Waals surface area contributed by atoms with Gasteiger partial charge in [-0.1, -0.05) is 101 Å². The molecule has 0 aliphatic heterocycles. The lowest BCUT2D eigenvalue weighted by molar-refractivity contribution is 0.287. The quantitative estimate of drug-likeness (QED) is 0.239. The van der Waals surface area contributed by atoms with E-state index < -0.39 is 0 Å². The maximum absolute atomic E-state index is 6.22. The van der Waals surface area contributed by atoms with Gasteiger partial charge in [-0.15, -0.1) is 0 Å². The Morgan fingerprint density at radius 3 is 2.06 bits per heavy atom. The Bertz CT molecular complexity index is 744. The molecular formula is C29H45NO2. The lowest BCUT2D eigenvalue weighted by Crippen LogP contribution is -2.14. The standard InChI is InChI=1S/C29H45NO2/c1-4-6-8-10-12-19-31-28-18-17-27(24-30-23-26-16-14-15-25(3)21-26)29(22-28)32-20-13-11-9-7-5-2/h14-18,21-22,30H,4-13,19-20,23-24H2,1-3H3. The molecule has 1 N–H and O–H groups in total. The van der Waals surface area contributed by atoms with E-state index in [2.05, 4.69) is 68.6 Å². The van der Waals surface area contributed by atoms with Gasteiger partial charge in [0.15, 0.2) is 0 Å². The molecule has 2 rings (SSSR count). The summed E-state index contributed by atoms with van der Waals surface area (Å²) >= 11 is 0. The van der Waals surface area contributed by atoms with Crippen molar-refractivity contribution in [3.8, 4) is 11.5 Å². The number of hydrogen-bond acceptors (Lipinski definition) is 3. The average molecular weight is 440 g/mol. The largest absolute Gasteiger partial charge is 0.493 e. The highest BCUT2D eigenvalue weighted by Crippen LogP contribution is 2.26. The van der Waals surface area contributed by atoms with Crippen LogP contribution in [0.3, 0.4) is 0 Å². The van der Waals surface area contributed by atoms with Gasteiger partial charge >= 0.3 is 0 Å². The summed E-state index contributed by atoms with van der Waals surface area (Å²) in [4.78, 5) is 0. The van der Waals surface area contributed by atoms with E-state index in [1.807, 2.05) is 0 Å². The third kappa shape index (κ3) is 11.0. The summed E-state index contributed by atoms with van der Waals surface area (Å²) in [6.45, 7) is 9.84. The van der Waals surface area contributed by atoms with Crippen molar-refractivity contribution in [3.05, 3.63) is 59.2 Å². The first-order valence-electron chi connectivity index (χ1n) is 12.9. The second-order valence-electron chi connectivity index (χ2n) is 8.89. The van der Waals surface area contributed by atoms with Crippen LogP contribution in [0.15, 0.2) is 42.5 Å². The number of nitrogens with one attached hydrogen (secondary N) is 1. The van der Waals surface area contributed by atoms with E-state index in [0.717, 1.165) is 50.6 Å². The van der Waals surface area contributed by atoms with Crippen LogP contribution >= 0.6 is 0 Å². The molecule has 0 atom stereocenters. The second kappa shape index (κ2) is 16.6. The van der Waals surface area contributed by atoms with Crippen LogP contribution < -0.4 is 14.8 Å². The Labute approximate surface area is 196 Å². The summed E-state index contributed by atoms with van der Waals surface area (Å²) in [5.41, 5.74) is 3.81. The van der Waals surface area contributed by atoms with E-state index >= 15 is 0 Å². The lowest BCUT2D eigenvalue weighted by Gasteiger charge is -2.15. The highest BCUT2D eigenvalue weighted by atomic mass is 16.5. The van der Waals surface area contributed by atoms with Crippen molar-refractivity contribution >= 4 is 0 Å². The zero-order valence-electron chi connectivity index (χ0n) is 20.8. The summed E-state index contributed by atoms with van der Waals surface area (Å²) in [5, 5.41) is 3.57. The molecule has 3 heteroatoms. The fraction of sp³-hybridized carbons (Fsp3) is 0.586. The minimum absolute atomic E-state index is 0.773. The molecule has 0 radical (unpaired) electrons. The van der Waals surface area contributed by atoms with Crippen LogP contribution in [-0.2, 0) is 13.1 Å². The van der Waals surface area contributed by atoms with Crippen LogP contribution in [0.2, 0.25) is 0 Å². The van der Waals surface area contributed by atoms with Gasteiger partial charge in [0.05, 0.1) is 13.2 Å². The molecule has 0 saturated heterocycles. The zero-order valence-corrected chi connectivity index (χ0v) is 20.8. The van der Waals surface area contributed by atoms with Gasteiger partial charge in [-0.25, -0.2) is 0 Å². The maximum Gasteiger partial charge on any atom is 0.127 e. The molecule has 32 heavy (non-hydrogen) atoms. The molecule has 0 heterocycles. The van der Waals surface area contributed by atoms with Crippen LogP contribution in [-0.4, -0.2) is 13.2 Å². The predicted molar refractivity (Wildman–Crippen MR) is 137 cm³/mol. The fourth-order valence-corrected chi connectivity index (χ4v) is 3.85. The SMILES string of the molecule is CCCCCCCOc1ccc(CNCc2cccc(C)c2)c(OCCCCCCC)c1. The number of unbranched alkanes of at least 4 members (excludes halogenated alkanes) is 8. The molecule has 3 nitrogen and oxygen atoms in total. The van der Waals surface area contributed by atoms with Gasteiger partial charge in [-0.05, 0) is 31.4 Å². The maximum atomic E-state index is 6.22. The second-order valence-corrected chi connectivity index (χ2v) is 8.89. The van der Waals surface area contributed by atoms with Gasteiger partial charge in [0.1, 0.15) is 11.5 Å². The fourth-order valence-electron chi connectivity index (χ4n) is 3.85. The minimum atomic E-state index is 0.773. The van der Waals surface area contributed by atoms with E-state index in [9.17, 15) is 0 Å². The van der Waals surface area contributed by atoms with E-state index in [0.29, 0.717) is 0 Å². The van der Waals surface area contributed by atoms with Crippen LogP contribution in [0.4, 0.5) is 0 Å². The van der Waals surface area contributed by atoms with Crippen molar-refractivity contribution in [2.24, 2.45) is 0 Å². The Hall–Kier alpha value is -2.00. The monoisotopic (exact) mass is 439 g/mol. The third-order valence-electron chi connectivity index (χ3n) is 5.79. The van der Waals surface area contributed by atoms with Gasteiger partial charge in [-0.3, -0.25) is 0 Å². The van der Waals surface area contributed by atoms with Crippen molar-refractivity contribution in [2.75, 3.05) is 13.2 Å². The molecule has 0 aromatic heterocycles. The number of rotatable bonds is 18. The predicted octanol–water partition coefficient (Wildman–Crippen LogP) is 7.98. The van der Waals surface area contributed by atoms with Crippen molar-refractivity contribution in [3.63, 3.8) is 0 Å².